The van der Waals surface area contributed by atoms with Gasteiger partial charge >= 0.3 is 0 Å². The first-order valence-corrected chi connectivity index (χ1v) is 6.79. The van der Waals surface area contributed by atoms with Gasteiger partial charge in [-0.3, -0.25) is 0 Å². The van der Waals surface area contributed by atoms with Crippen molar-refractivity contribution >= 4 is 0 Å². The van der Waals surface area contributed by atoms with Gasteiger partial charge in [0.25, 0.3) is 0 Å². The minimum absolute atomic E-state index is 0.356. The van der Waals surface area contributed by atoms with Crippen molar-refractivity contribution in [2.75, 3.05) is 19.9 Å². The summed E-state index contributed by atoms with van der Waals surface area (Å²) in [6.07, 6.45) is 7.84. The van der Waals surface area contributed by atoms with E-state index < -0.39 is 0 Å². The second kappa shape index (κ2) is 8.97. The third kappa shape index (κ3) is 5.83. The van der Waals surface area contributed by atoms with Crippen molar-refractivity contribution in [2.24, 2.45) is 0 Å². The molecule has 2 unspecified atom stereocenters. The summed E-state index contributed by atoms with van der Waals surface area (Å²) < 4.78 is 10.7. The molecule has 1 N–H and O–H groups in total. The highest BCUT2D eigenvalue weighted by atomic mass is 16.7. The van der Waals surface area contributed by atoms with E-state index in [1.807, 2.05) is 0 Å². The lowest BCUT2D eigenvalue weighted by atomic mass is 10.0. The molecule has 0 aromatic rings. The molecule has 1 saturated heterocycles. The van der Waals surface area contributed by atoms with Gasteiger partial charge in [-0.25, -0.2) is 0 Å². The maximum Gasteiger partial charge on any atom is 0.147 e. The lowest BCUT2D eigenvalue weighted by Crippen LogP contribution is -2.39. The Morgan fingerprint density at radius 2 is 2.12 bits per heavy atom. The fourth-order valence-electron chi connectivity index (χ4n) is 2.11. The molecule has 96 valence electrons. The van der Waals surface area contributed by atoms with Gasteiger partial charge in [0, 0.05) is 12.6 Å². The molecule has 0 amide bonds. The lowest BCUT2D eigenvalue weighted by molar-refractivity contribution is -0.137. The first-order chi connectivity index (χ1) is 7.86. The van der Waals surface area contributed by atoms with Gasteiger partial charge in [0.15, 0.2) is 0 Å². The Balaban J connectivity index is 2.14. The van der Waals surface area contributed by atoms with Gasteiger partial charge in [0.05, 0.1) is 12.7 Å². The summed E-state index contributed by atoms with van der Waals surface area (Å²) in [6, 6.07) is 0.677. The third-order valence-corrected chi connectivity index (χ3v) is 3.15. The van der Waals surface area contributed by atoms with Crippen LogP contribution in [0.2, 0.25) is 0 Å². The molecule has 1 aliphatic rings. The SMILES string of the molecule is CCCCC(CCC)NCC1CCOCO1. The molecular formula is C13H27NO2. The standard InChI is InChI=1S/C13H27NO2/c1-3-5-7-12(6-4-2)14-10-13-8-9-15-11-16-13/h12-14H,3-11H2,1-2H3. The largest absolute Gasteiger partial charge is 0.355 e. The van der Waals surface area contributed by atoms with Crippen molar-refractivity contribution in [1.29, 1.82) is 0 Å². The van der Waals surface area contributed by atoms with Gasteiger partial charge in [0.1, 0.15) is 6.79 Å². The Labute approximate surface area is 99.9 Å². The summed E-state index contributed by atoms with van der Waals surface area (Å²) in [5, 5.41) is 3.64. The molecule has 1 aliphatic heterocycles. The maximum atomic E-state index is 5.53. The summed E-state index contributed by atoms with van der Waals surface area (Å²) in [5.74, 6) is 0. The zero-order chi connectivity index (χ0) is 11.6. The Hall–Kier alpha value is -0.120. The number of rotatable bonds is 8. The molecule has 0 aliphatic carbocycles. The van der Waals surface area contributed by atoms with Crippen LogP contribution < -0.4 is 5.32 Å². The van der Waals surface area contributed by atoms with Crippen LogP contribution in [-0.4, -0.2) is 32.1 Å². The van der Waals surface area contributed by atoms with E-state index in [-0.39, 0.29) is 0 Å². The van der Waals surface area contributed by atoms with Crippen LogP contribution in [0.4, 0.5) is 0 Å². The van der Waals surface area contributed by atoms with Crippen LogP contribution >= 0.6 is 0 Å². The van der Waals surface area contributed by atoms with Gasteiger partial charge in [-0.05, 0) is 19.3 Å². The van der Waals surface area contributed by atoms with Crippen molar-refractivity contribution in [3.63, 3.8) is 0 Å². The predicted molar refractivity (Wildman–Crippen MR) is 66.5 cm³/mol. The van der Waals surface area contributed by atoms with Gasteiger partial charge in [-0.15, -0.1) is 0 Å². The van der Waals surface area contributed by atoms with Crippen molar-refractivity contribution in [3.8, 4) is 0 Å². The quantitative estimate of drug-likeness (QED) is 0.694. The minimum Gasteiger partial charge on any atom is -0.355 e. The Morgan fingerprint density at radius 1 is 1.25 bits per heavy atom. The van der Waals surface area contributed by atoms with Crippen LogP contribution in [0.5, 0.6) is 0 Å². The predicted octanol–water partition coefficient (Wildman–Crippen LogP) is 2.70. The molecule has 1 heterocycles. The van der Waals surface area contributed by atoms with Crippen LogP contribution in [-0.2, 0) is 9.47 Å². The second-order valence-corrected chi connectivity index (χ2v) is 4.64. The molecule has 0 saturated carbocycles. The fourth-order valence-corrected chi connectivity index (χ4v) is 2.11. The smallest absolute Gasteiger partial charge is 0.147 e. The molecule has 16 heavy (non-hydrogen) atoms. The number of hydrogen-bond acceptors (Lipinski definition) is 3. The zero-order valence-corrected chi connectivity index (χ0v) is 10.8. The van der Waals surface area contributed by atoms with Crippen LogP contribution in [0, 0.1) is 0 Å². The summed E-state index contributed by atoms with van der Waals surface area (Å²) in [5.41, 5.74) is 0. The van der Waals surface area contributed by atoms with E-state index >= 15 is 0 Å². The molecular weight excluding hydrogens is 202 g/mol. The van der Waals surface area contributed by atoms with E-state index in [2.05, 4.69) is 19.2 Å². The Morgan fingerprint density at radius 3 is 2.75 bits per heavy atom. The zero-order valence-electron chi connectivity index (χ0n) is 10.8. The molecule has 0 bridgehead atoms. The first-order valence-electron chi connectivity index (χ1n) is 6.79. The summed E-state index contributed by atoms with van der Waals surface area (Å²) in [6.45, 7) is 6.81. The number of unbranched alkanes of at least 4 members (excludes halogenated alkanes) is 1. The lowest BCUT2D eigenvalue weighted by Gasteiger charge is -2.26. The molecule has 0 radical (unpaired) electrons. The molecule has 0 aromatic carbocycles. The van der Waals surface area contributed by atoms with Gasteiger partial charge < -0.3 is 14.8 Å². The van der Waals surface area contributed by atoms with Gasteiger partial charge in [0.2, 0.25) is 0 Å². The molecule has 1 fully saturated rings. The molecule has 0 aromatic heterocycles. The van der Waals surface area contributed by atoms with Gasteiger partial charge in [-0.1, -0.05) is 33.1 Å². The van der Waals surface area contributed by atoms with Crippen LogP contribution in [0.1, 0.15) is 52.4 Å². The summed E-state index contributed by atoms with van der Waals surface area (Å²) in [4.78, 5) is 0. The molecule has 1 rings (SSSR count). The van der Waals surface area contributed by atoms with Crippen LogP contribution in [0.3, 0.4) is 0 Å². The third-order valence-electron chi connectivity index (χ3n) is 3.15. The molecule has 3 heteroatoms. The monoisotopic (exact) mass is 229 g/mol. The Kier molecular flexibility index (Phi) is 7.81. The second-order valence-electron chi connectivity index (χ2n) is 4.64. The van der Waals surface area contributed by atoms with E-state index in [1.54, 1.807) is 0 Å². The molecule has 2 atom stereocenters. The number of ether oxygens (including phenoxy) is 2. The summed E-state index contributed by atoms with van der Waals surface area (Å²) in [7, 11) is 0. The highest BCUT2D eigenvalue weighted by molar-refractivity contribution is 4.71. The van der Waals surface area contributed by atoms with E-state index in [4.69, 9.17) is 9.47 Å². The Bertz CT molecular complexity index is 158. The highest BCUT2D eigenvalue weighted by Gasteiger charge is 2.15. The van der Waals surface area contributed by atoms with Crippen molar-refractivity contribution in [3.05, 3.63) is 0 Å². The average Bonchev–Trinajstić information content (AvgIpc) is 2.34. The van der Waals surface area contributed by atoms with Gasteiger partial charge in [-0.2, -0.15) is 0 Å². The summed E-state index contributed by atoms with van der Waals surface area (Å²) >= 11 is 0. The topological polar surface area (TPSA) is 30.5 Å². The van der Waals surface area contributed by atoms with Crippen molar-refractivity contribution in [1.82, 2.24) is 5.32 Å². The molecule has 3 nitrogen and oxygen atoms in total. The highest BCUT2D eigenvalue weighted by Crippen LogP contribution is 2.09. The molecule has 0 spiro atoms. The average molecular weight is 229 g/mol. The normalized spacial score (nSPS) is 23.2. The number of nitrogens with one attached hydrogen (secondary N) is 1. The van der Waals surface area contributed by atoms with Crippen LogP contribution in [0.25, 0.3) is 0 Å². The van der Waals surface area contributed by atoms with E-state index in [9.17, 15) is 0 Å². The van der Waals surface area contributed by atoms with Crippen molar-refractivity contribution < 1.29 is 9.47 Å². The maximum absolute atomic E-state index is 5.53. The van der Waals surface area contributed by atoms with E-state index in [0.29, 0.717) is 18.9 Å². The van der Waals surface area contributed by atoms with E-state index in [0.717, 1.165) is 19.6 Å². The van der Waals surface area contributed by atoms with E-state index in [1.165, 1.54) is 32.1 Å². The fraction of sp³-hybridized carbons (Fsp3) is 1.00. The first kappa shape index (κ1) is 13.9. The minimum atomic E-state index is 0.356. The van der Waals surface area contributed by atoms with Crippen molar-refractivity contribution in [2.45, 2.75) is 64.5 Å². The number of hydrogen-bond donors (Lipinski definition) is 1. The van der Waals surface area contributed by atoms with Crippen LogP contribution in [0.15, 0.2) is 0 Å².